The van der Waals surface area contributed by atoms with Crippen molar-refractivity contribution in [3.63, 3.8) is 0 Å². The quantitative estimate of drug-likeness (QED) is 0.596. The molecule has 6 heteroatoms. The Morgan fingerprint density at radius 1 is 1.00 bits per heavy atom. The molecule has 2 aromatic rings. The first kappa shape index (κ1) is 22.7. The van der Waals surface area contributed by atoms with E-state index in [9.17, 15) is 0 Å². The van der Waals surface area contributed by atoms with Gasteiger partial charge in [0, 0.05) is 35.4 Å². The minimum atomic E-state index is 0.519. The molecule has 1 aliphatic carbocycles. The van der Waals surface area contributed by atoms with Crippen LogP contribution in [-0.4, -0.2) is 74.3 Å². The number of hydrogen-bond donors (Lipinski definition) is 1. The Morgan fingerprint density at radius 2 is 1.79 bits per heavy atom. The van der Waals surface area contributed by atoms with Crippen molar-refractivity contribution < 1.29 is 9.47 Å². The minimum Gasteiger partial charge on any atom is -0.493 e. The number of piperidine rings is 1. The molecule has 6 nitrogen and oxygen atoms in total. The maximum atomic E-state index is 6.22. The molecule has 1 aromatic heterocycles. The molecule has 0 bridgehead atoms. The van der Waals surface area contributed by atoms with Crippen molar-refractivity contribution >= 4 is 16.6 Å². The van der Waals surface area contributed by atoms with E-state index in [-0.39, 0.29) is 0 Å². The van der Waals surface area contributed by atoms with Crippen LogP contribution in [0.15, 0.2) is 12.1 Å². The van der Waals surface area contributed by atoms with E-state index < -0.39 is 0 Å². The maximum absolute atomic E-state index is 6.22. The summed E-state index contributed by atoms with van der Waals surface area (Å²) in [5, 5.41) is 5.14. The lowest BCUT2D eigenvalue weighted by Crippen LogP contribution is -2.37. The molecule has 0 amide bonds. The first-order valence-electron chi connectivity index (χ1n) is 13.0. The van der Waals surface area contributed by atoms with Crippen LogP contribution in [0.4, 0.5) is 5.69 Å². The molecule has 2 aliphatic heterocycles. The summed E-state index contributed by atoms with van der Waals surface area (Å²) in [4.78, 5) is 10.1. The van der Waals surface area contributed by atoms with Gasteiger partial charge in [-0.15, -0.1) is 0 Å². The number of nitrogens with one attached hydrogen (secondary N) is 1. The topological polar surface area (TPSA) is 49.9 Å². The van der Waals surface area contributed by atoms with Crippen molar-refractivity contribution in [1.82, 2.24) is 14.8 Å². The Bertz CT molecular complexity index is 949. The van der Waals surface area contributed by atoms with Crippen LogP contribution in [0.1, 0.15) is 56.2 Å². The van der Waals surface area contributed by atoms with E-state index >= 15 is 0 Å². The van der Waals surface area contributed by atoms with Gasteiger partial charge in [0.05, 0.1) is 19.2 Å². The van der Waals surface area contributed by atoms with E-state index in [0.29, 0.717) is 12.6 Å². The summed E-state index contributed by atoms with van der Waals surface area (Å²) < 4.78 is 12.0. The Morgan fingerprint density at radius 3 is 2.58 bits per heavy atom. The summed E-state index contributed by atoms with van der Waals surface area (Å²) in [5.74, 6) is 1.63. The van der Waals surface area contributed by atoms with Gasteiger partial charge >= 0.3 is 0 Å². The predicted octanol–water partition coefficient (Wildman–Crippen LogP) is 4.49. The van der Waals surface area contributed by atoms with Crippen molar-refractivity contribution in [2.45, 2.75) is 63.8 Å². The fraction of sp³-hybridized carbons (Fsp3) is 0.667. The Hall–Kier alpha value is -2.05. The Labute approximate surface area is 198 Å². The third-order valence-corrected chi connectivity index (χ3v) is 7.69. The van der Waals surface area contributed by atoms with Crippen LogP contribution in [0.25, 0.3) is 10.9 Å². The Kier molecular flexibility index (Phi) is 7.21. The van der Waals surface area contributed by atoms with Crippen LogP contribution in [0, 0.1) is 0 Å². The zero-order valence-corrected chi connectivity index (χ0v) is 20.5. The summed E-state index contributed by atoms with van der Waals surface area (Å²) in [7, 11) is 3.96. The van der Waals surface area contributed by atoms with Crippen molar-refractivity contribution in [2.75, 3.05) is 58.8 Å². The summed E-state index contributed by atoms with van der Waals surface area (Å²) in [5.41, 5.74) is 5.02. The molecule has 1 N–H and O–H groups in total. The zero-order valence-electron chi connectivity index (χ0n) is 20.5. The number of anilines is 1. The van der Waals surface area contributed by atoms with E-state index in [1.807, 2.05) is 0 Å². The van der Waals surface area contributed by atoms with Crippen molar-refractivity contribution in [3.05, 3.63) is 23.4 Å². The molecule has 0 unspecified atom stereocenters. The lowest BCUT2D eigenvalue weighted by molar-refractivity contribution is 0.254. The van der Waals surface area contributed by atoms with Crippen molar-refractivity contribution in [1.29, 1.82) is 0 Å². The molecule has 1 aromatic carbocycles. The number of aromatic nitrogens is 1. The largest absolute Gasteiger partial charge is 0.493 e. The normalized spacial score (nSPS) is 20.2. The SMILES string of the molecule is COc1cc2c(NC3CCN(C)CC3)c3c(nc2cc1OCCCN1CCCC1)CCCC3. The fourth-order valence-corrected chi connectivity index (χ4v) is 5.70. The van der Waals surface area contributed by atoms with Gasteiger partial charge in [0.25, 0.3) is 0 Å². The molecule has 33 heavy (non-hydrogen) atoms. The average Bonchev–Trinajstić information content (AvgIpc) is 3.36. The van der Waals surface area contributed by atoms with Crippen LogP contribution < -0.4 is 14.8 Å². The fourth-order valence-electron chi connectivity index (χ4n) is 5.70. The number of rotatable bonds is 8. The zero-order chi connectivity index (χ0) is 22.6. The first-order chi connectivity index (χ1) is 16.2. The first-order valence-corrected chi connectivity index (χ1v) is 13.0. The second-order valence-electron chi connectivity index (χ2n) is 10.1. The van der Waals surface area contributed by atoms with Gasteiger partial charge in [0.1, 0.15) is 0 Å². The highest BCUT2D eigenvalue weighted by Crippen LogP contribution is 2.40. The molecule has 0 saturated carbocycles. The van der Waals surface area contributed by atoms with Gasteiger partial charge in [0.2, 0.25) is 0 Å². The van der Waals surface area contributed by atoms with Gasteiger partial charge in [-0.3, -0.25) is 4.98 Å². The van der Waals surface area contributed by atoms with Crippen LogP contribution in [0.3, 0.4) is 0 Å². The van der Waals surface area contributed by atoms with Crippen molar-refractivity contribution in [3.8, 4) is 11.5 Å². The third kappa shape index (κ3) is 5.22. The molecule has 3 heterocycles. The number of hydrogen-bond acceptors (Lipinski definition) is 6. The highest BCUT2D eigenvalue weighted by atomic mass is 16.5. The average molecular weight is 453 g/mol. The van der Waals surface area contributed by atoms with Gasteiger partial charge in [-0.25, -0.2) is 0 Å². The van der Waals surface area contributed by atoms with Gasteiger partial charge < -0.3 is 24.6 Å². The summed E-state index contributed by atoms with van der Waals surface area (Å²) in [6, 6.07) is 4.79. The smallest absolute Gasteiger partial charge is 0.163 e. The molecule has 0 radical (unpaired) electrons. The Balaban J connectivity index is 1.40. The number of fused-ring (bicyclic) bond motifs is 2. The minimum absolute atomic E-state index is 0.519. The highest BCUT2D eigenvalue weighted by molar-refractivity contribution is 5.96. The standard InChI is InChI=1S/C27H40N4O2/c1-30-15-10-20(11-16-30)28-27-21-8-3-4-9-23(21)29-24-19-26(25(32-2)18-22(24)27)33-17-7-14-31-12-5-6-13-31/h18-20H,3-17H2,1-2H3,(H,28,29). The van der Waals surface area contributed by atoms with E-state index in [4.69, 9.17) is 14.5 Å². The number of nitrogens with zero attached hydrogens (tertiary/aromatic N) is 3. The molecule has 180 valence electrons. The number of aryl methyl sites for hydroxylation is 1. The van der Waals surface area contributed by atoms with Gasteiger partial charge in [-0.2, -0.15) is 0 Å². The lowest BCUT2D eigenvalue weighted by Gasteiger charge is -2.32. The van der Waals surface area contributed by atoms with Gasteiger partial charge in [-0.1, -0.05) is 0 Å². The number of ether oxygens (including phenoxy) is 2. The second kappa shape index (κ2) is 10.5. The van der Waals surface area contributed by atoms with Crippen molar-refractivity contribution in [2.24, 2.45) is 0 Å². The third-order valence-electron chi connectivity index (χ3n) is 7.69. The second-order valence-corrected chi connectivity index (χ2v) is 10.1. The number of benzene rings is 1. The molecule has 5 rings (SSSR count). The number of methoxy groups -OCH3 is 1. The monoisotopic (exact) mass is 452 g/mol. The molecule has 2 fully saturated rings. The maximum Gasteiger partial charge on any atom is 0.163 e. The summed E-state index contributed by atoms with van der Waals surface area (Å²) >= 11 is 0. The molecular weight excluding hydrogens is 412 g/mol. The molecule has 0 spiro atoms. The van der Waals surface area contributed by atoms with Gasteiger partial charge in [-0.05, 0) is 103 Å². The van der Waals surface area contributed by atoms with E-state index in [0.717, 1.165) is 55.9 Å². The molecule has 3 aliphatic rings. The number of pyridine rings is 1. The summed E-state index contributed by atoms with van der Waals surface area (Å²) in [6.07, 6.45) is 10.8. The van der Waals surface area contributed by atoms with Crippen LogP contribution in [-0.2, 0) is 12.8 Å². The molecular formula is C27H40N4O2. The van der Waals surface area contributed by atoms with E-state index in [1.165, 1.54) is 73.9 Å². The van der Waals surface area contributed by atoms with E-state index in [2.05, 4.69) is 34.3 Å². The van der Waals surface area contributed by atoms with E-state index in [1.54, 1.807) is 7.11 Å². The predicted molar refractivity (Wildman–Crippen MR) is 135 cm³/mol. The summed E-state index contributed by atoms with van der Waals surface area (Å²) in [6.45, 7) is 6.61. The molecule has 0 atom stereocenters. The molecule has 2 saturated heterocycles. The lowest BCUT2D eigenvalue weighted by atomic mass is 9.91. The van der Waals surface area contributed by atoms with Crippen LogP contribution in [0.5, 0.6) is 11.5 Å². The number of likely N-dealkylation sites (tertiary alicyclic amines) is 2. The van der Waals surface area contributed by atoms with Gasteiger partial charge in [0.15, 0.2) is 11.5 Å². The van der Waals surface area contributed by atoms with Crippen LogP contribution >= 0.6 is 0 Å². The highest BCUT2D eigenvalue weighted by Gasteiger charge is 2.24. The van der Waals surface area contributed by atoms with Crippen LogP contribution in [0.2, 0.25) is 0 Å².